The molecular weight excluding hydrogens is 279 g/mol. The molecular formula is C12H21N4O3P. The Bertz CT molecular complexity index is 465. The topological polar surface area (TPSA) is 78.8 Å². The third kappa shape index (κ3) is 3.76. The van der Waals surface area contributed by atoms with Gasteiger partial charge in [0, 0.05) is 38.6 Å². The van der Waals surface area contributed by atoms with Crippen LogP contribution in [0.25, 0.3) is 0 Å². The molecule has 2 unspecified atom stereocenters. The molecule has 2 atom stereocenters. The van der Waals surface area contributed by atoms with Gasteiger partial charge in [-0.25, -0.2) is 19.2 Å². The maximum absolute atomic E-state index is 12.2. The second-order valence-corrected chi connectivity index (χ2v) is 6.56. The van der Waals surface area contributed by atoms with Crippen molar-refractivity contribution in [3.05, 3.63) is 18.5 Å². The number of piperazine rings is 1. The first-order valence-electron chi connectivity index (χ1n) is 6.81. The minimum absolute atomic E-state index is 0.221. The molecule has 1 aliphatic heterocycles. The summed E-state index contributed by atoms with van der Waals surface area (Å²) in [6, 6.07) is 1.77. The van der Waals surface area contributed by atoms with Crippen LogP contribution in [0.3, 0.4) is 0 Å². The fourth-order valence-corrected chi connectivity index (χ4v) is 3.41. The van der Waals surface area contributed by atoms with E-state index in [1.807, 2.05) is 11.8 Å². The van der Waals surface area contributed by atoms with E-state index in [-0.39, 0.29) is 6.10 Å². The second-order valence-electron chi connectivity index (χ2n) is 4.80. The van der Waals surface area contributed by atoms with E-state index in [1.165, 1.54) is 4.67 Å². The van der Waals surface area contributed by atoms with Gasteiger partial charge in [-0.1, -0.05) is 6.92 Å². The highest BCUT2D eigenvalue weighted by Gasteiger charge is 2.34. The number of hydrogen-bond donors (Lipinski definition) is 1. The molecule has 0 spiro atoms. The monoisotopic (exact) mass is 300 g/mol. The number of anilines is 1. The fraction of sp³-hybridized carbons (Fsp3) is 0.667. The van der Waals surface area contributed by atoms with Gasteiger partial charge < -0.3 is 9.79 Å². The lowest BCUT2D eigenvalue weighted by molar-refractivity contribution is 0.145. The van der Waals surface area contributed by atoms with Gasteiger partial charge in [0.1, 0.15) is 0 Å². The predicted octanol–water partition coefficient (Wildman–Crippen LogP) is 1.51. The summed E-state index contributed by atoms with van der Waals surface area (Å²) in [6.07, 6.45) is 3.87. The third-order valence-corrected chi connectivity index (χ3v) is 5.09. The Morgan fingerprint density at radius 3 is 2.50 bits per heavy atom. The van der Waals surface area contributed by atoms with Gasteiger partial charge in [-0.2, -0.15) is 0 Å². The number of aromatic nitrogens is 2. The molecule has 1 aromatic rings. The fourth-order valence-electron chi connectivity index (χ4n) is 1.98. The van der Waals surface area contributed by atoms with Crippen LogP contribution >= 0.6 is 7.75 Å². The van der Waals surface area contributed by atoms with Gasteiger partial charge in [-0.15, -0.1) is 0 Å². The van der Waals surface area contributed by atoms with E-state index in [4.69, 9.17) is 4.52 Å². The lowest BCUT2D eigenvalue weighted by Crippen LogP contribution is -2.45. The second kappa shape index (κ2) is 6.63. The van der Waals surface area contributed by atoms with Crippen molar-refractivity contribution in [3.63, 3.8) is 0 Å². The molecule has 1 aromatic heterocycles. The molecule has 112 valence electrons. The molecule has 7 nitrogen and oxygen atoms in total. The first-order chi connectivity index (χ1) is 9.53. The van der Waals surface area contributed by atoms with Crippen LogP contribution in [0.15, 0.2) is 18.5 Å². The highest BCUT2D eigenvalue weighted by Crippen LogP contribution is 2.48. The first kappa shape index (κ1) is 15.4. The van der Waals surface area contributed by atoms with E-state index in [9.17, 15) is 9.46 Å². The van der Waals surface area contributed by atoms with Gasteiger partial charge in [0.2, 0.25) is 5.95 Å². The molecule has 8 heteroatoms. The van der Waals surface area contributed by atoms with Gasteiger partial charge in [-0.3, -0.25) is 4.52 Å². The van der Waals surface area contributed by atoms with Gasteiger partial charge in [0.25, 0.3) is 0 Å². The van der Waals surface area contributed by atoms with Crippen molar-refractivity contribution in [2.75, 3.05) is 31.1 Å². The minimum Gasteiger partial charge on any atom is -0.338 e. The quantitative estimate of drug-likeness (QED) is 0.826. The van der Waals surface area contributed by atoms with Gasteiger partial charge >= 0.3 is 7.75 Å². The molecule has 0 aliphatic carbocycles. The zero-order valence-electron chi connectivity index (χ0n) is 11.8. The van der Waals surface area contributed by atoms with Crippen molar-refractivity contribution in [2.24, 2.45) is 0 Å². The molecule has 0 saturated carbocycles. The van der Waals surface area contributed by atoms with E-state index in [0.717, 1.165) is 0 Å². The summed E-state index contributed by atoms with van der Waals surface area (Å²) in [5, 5.41) is 0. The van der Waals surface area contributed by atoms with Crippen LogP contribution < -0.4 is 4.90 Å². The van der Waals surface area contributed by atoms with Crippen molar-refractivity contribution in [1.82, 2.24) is 14.6 Å². The molecule has 1 N–H and O–H groups in total. The Morgan fingerprint density at radius 2 is 1.95 bits per heavy atom. The molecule has 0 aromatic carbocycles. The van der Waals surface area contributed by atoms with E-state index in [1.54, 1.807) is 25.4 Å². The van der Waals surface area contributed by atoms with Crippen molar-refractivity contribution in [3.8, 4) is 0 Å². The Kier molecular flexibility index (Phi) is 5.10. The number of rotatable bonds is 5. The zero-order valence-corrected chi connectivity index (χ0v) is 12.7. The van der Waals surface area contributed by atoms with Crippen molar-refractivity contribution in [1.29, 1.82) is 0 Å². The number of hydrogen-bond acceptors (Lipinski definition) is 5. The molecule has 0 radical (unpaired) electrons. The molecule has 1 saturated heterocycles. The smallest absolute Gasteiger partial charge is 0.338 e. The molecule has 20 heavy (non-hydrogen) atoms. The van der Waals surface area contributed by atoms with Crippen LogP contribution in [-0.2, 0) is 9.09 Å². The van der Waals surface area contributed by atoms with Crippen LogP contribution in [0, 0.1) is 0 Å². The van der Waals surface area contributed by atoms with Gasteiger partial charge in [0.05, 0.1) is 6.10 Å². The van der Waals surface area contributed by atoms with Crippen molar-refractivity contribution in [2.45, 2.75) is 26.4 Å². The summed E-state index contributed by atoms with van der Waals surface area (Å²) in [5.74, 6) is 0.655. The predicted molar refractivity (Wildman–Crippen MR) is 76.5 cm³/mol. The molecule has 2 heterocycles. The van der Waals surface area contributed by atoms with Crippen LogP contribution in [-0.4, -0.2) is 51.8 Å². The highest BCUT2D eigenvalue weighted by molar-refractivity contribution is 7.50. The molecule has 1 aliphatic rings. The summed E-state index contributed by atoms with van der Waals surface area (Å²) in [5.41, 5.74) is 0. The Morgan fingerprint density at radius 1 is 1.35 bits per heavy atom. The third-order valence-electron chi connectivity index (χ3n) is 3.34. The molecule has 2 rings (SSSR count). The van der Waals surface area contributed by atoms with E-state index in [0.29, 0.717) is 38.5 Å². The first-order valence-corrected chi connectivity index (χ1v) is 8.34. The normalized spacial score (nSPS) is 21.4. The van der Waals surface area contributed by atoms with E-state index < -0.39 is 7.75 Å². The summed E-state index contributed by atoms with van der Waals surface area (Å²) in [6.45, 7) is 5.87. The van der Waals surface area contributed by atoms with Crippen molar-refractivity contribution >= 4 is 13.7 Å². The molecule has 0 amide bonds. The lowest BCUT2D eigenvalue weighted by atomic mass is 10.3. The highest BCUT2D eigenvalue weighted by atomic mass is 31.2. The van der Waals surface area contributed by atoms with Crippen LogP contribution in [0.5, 0.6) is 0 Å². The van der Waals surface area contributed by atoms with Crippen LogP contribution in [0.2, 0.25) is 0 Å². The maximum atomic E-state index is 12.2. The summed E-state index contributed by atoms with van der Waals surface area (Å²) in [7, 11) is -3.69. The van der Waals surface area contributed by atoms with Crippen LogP contribution in [0.4, 0.5) is 5.95 Å². The minimum atomic E-state index is -3.69. The SMILES string of the molecule is CCC(C)OP(=O)(O)N1CCN(c2ncccn2)CC1. The maximum Gasteiger partial charge on any atom is 0.405 e. The average molecular weight is 300 g/mol. The van der Waals surface area contributed by atoms with Gasteiger partial charge in [0.15, 0.2) is 0 Å². The summed E-state index contributed by atoms with van der Waals surface area (Å²) >= 11 is 0. The van der Waals surface area contributed by atoms with Gasteiger partial charge in [-0.05, 0) is 19.4 Å². The number of nitrogens with zero attached hydrogens (tertiary/aromatic N) is 4. The summed E-state index contributed by atoms with van der Waals surface area (Å²) in [4.78, 5) is 20.4. The molecule has 0 bridgehead atoms. The van der Waals surface area contributed by atoms with E-state index in [2.05, 4.69) is 9.97 Å². The van der Waals surface area contributed by atoms with Crippen molar-refractivity contribution < 1.29 is 14.0 Å². The zero-order chi connectivity index (χ0) is 14.6. The van der Waals surface area contributed by atoms with E-state index >= 15 is 0 Å². The average Bonchev–Trinajstić information content (AvgIpc) is 2.48. The lowest BCUT2D eigenvalue weighted by Gasteiger charge is -2.36. The Balaban J connectivity index is 1.92. The Hall–Kier alpha value is -1.01. The largest absolute Gasteiger partial charge is 0.405 e. The molecule has 1 fully saturated rings. The summed E-state index contributed by atoms with van der Waals surface area (Å²) < 4.78 is 19.0. The van der Waals surface area contributed by atoms with Crippen LogP contribution in [0.1, 0.15) is 20.3 Å². The Labute approximate surface area is 119 Å². The standard InChI is InChI=1S/C12H21N4O3P/c1-3-11(2)19-20(17,18)16-9-7-15(8-10-16)12-13-5-4-6-14-12/h4-6,11H,3,7-10H2,1-2H3,(H,17,18).